The van der Waals surface area contributed by atoms with Crippen LogP contribution in [0.15, 0.2) is 59.7 Å². The van der Waals surface area contributed by atoms with Gasteiger partial charge in [0.15, 0.2) is 5.82 Å². The van der Waals surface area contributed by atoms with E-state index in [2.05, 4.69) is 15.0 Å². The predicted molar refractivity (Wildman–Crippen MR) is 142 cm³/mol. The van der Waals surface area contributed by atoms with Crippen LogP contribution in [0.4, 0.5) is 4.39 Å². The van der Waals surface area contributed by atoms with Gasteiger partial charge in [-0.3, -0.25) is 14.3 Å². The highest BCUT2D eigenvalue weighted by Crippen LogP contribution is 2.50. The van der Waals surface area contributed by atoms with Crippen LogP contribution in [0.3, 0.4) is 0 Å². The minimum atomic E-state index is -1.20. The van der Waals surface area contributed by atoms with Crippen molar-refractivity contribution in [3.05, 3.63) is 104 Å². The van der Waals surface area contributed by atoms with Crippen LogP contribution in [0.25, 0.3) is 17.1 Å². The second kappa shape index (κ2) is 9.47. The highest BCUT2D eigenvalue weighted by Gasteiger charge is 2.36. The molecular weight excluding hydrogens is 491 g/mol. The summed E-state index contributed by atoms with van der Waals surface area (Å²) in [5.41, 5.74) is 3.72. The average molecular weight is 519 g/mol. The summed E-state index contributed by atoms with van der Waals surface area (Å²) in [5, 5.41) is 10.5. The van der Waals surface area contributed by atoms with E-state index in [-0.39, 0.29) is 34.1 Å². The van der Waals surface area contributed by atoms with E-state index in [1.165, 1.54) is 12.1 Å². The highest BCUT2D eigenvalue weighted by molar-refractivity contribution is 6.31. The summed E-state index contributed by atoms with van der Waals surface area (Å²) < 4.78 is 15.0. The summed E-state index contributed by atoms with van der Waals surface area (Å²) in [5.74, 6) is 0.325. The van der Waals surface area contributed by atoms with Crippen molar-refractivity contribution < 1.29 is 9.50 Å². The summed E-state index contributed by atoms with van der Waals surface area (Å²) in [6.07, 6.45) is 5.16. The van der Waals surface area contributed by atoms with Crippen LogP contribution in [0.1, 0.15) is 66.7 Å². The Hall–Kier alpha value is -3.42. The van der Waals surface area contributed by atoms with E-state index in [1.54, 1.807) is 42.9 Å². The molecule has 0 amide bonds. The van der Waals surface area contributed by atoms with Crippen LogP contribution in [0, 0.1) is 19.7 Å². The van der Waals surface area contributed by atoms with Gasteiger partial charge < -0.3 is 5.11 Å². The van der Waals surface area contributed by atoms with E-state index >= 15 is 0 Å². The molecule has 1 fully saturated rings. The van der Waals surface area contributed by atoms with Crippen LogP contribution in [-0.4, -0.2) is 24.6 Å². The molecule has 0 unspecified atom stereocenters. The Morgan fingerprint density at radius 2 is 1.73 bits per heavy atom. The summed E-state index contributed by atoms with van der Waals surface area (Å²) >= 11 is 6.73. The summed E-state index contributed by atoms with van der Waals surface area (Å²) in [7, 11) is 0. The van der Waals surface area contributed by atoms with E-state index in [4.69, 9.17) is 11.6 Å². The molecule has 3 heterocycles. The number of nitrogens with zero attached hydrogens (tertiary/aromatic N) is 4. The highest BCUT2D eigenvalue weighted by atomic mass is 35.5. The first-order valence-electron chi connectivity index (χ1n) is 12.3. The topological polar surface area (TPSA) is 80.9 Å². The second-order valence-electron chi connectivity index (χ2n) is 10.2. The molecule has 0 bridgehead atoms. The molecule has 0 saturated heterocycles. The number of rotatable bonds is 5. The molecule has 6 nitrogen and oxygen atoms in total. The number of aryl methyl sites for hydroxylation is 2. The molecule has 0 aliphatic heterocycles. The van der Waals surface area contributed by atoms with Gasteiger partial charge in [0.25, 0.3) is 5.56 Å². The fourth-order valence-electron chi connectivity index (χ4n) is 4.98. The number of aliphatic hydroxyl groups is 1. The fourth-order valence-corrected chi connectivity index (χ4v) is 5.25. The molecule has 3 aromatic heterocycles. The van der Waals surface area contributed by atoms with Crippen molar-refractivity contribution in [3.8, 4) is 17.1 Å². The number of pyridine rings is 2. The van der Waals surface area contributed by atoms with E-state index in [0.29, 0.717) is 17.1 Å². The number of benzene rings is 1. The van der Waals surface area contributed by atoms with Crippen molar-refractivity contribution in [1.29, 1.82) is 0 Å². The first-order chi connectivity index (χ1) is 17.5. The van der Waals surface area contributed by atoms with Gasteiger partial charge in [0.05, 0.1) is 17.1 Å². The Balaban J connectivity index is 1.55. The lowest BCUT2D eigenvalue weighted by molar-refractivity contribution is 0.0688. The molecule has 37 heavy (non-hydrogen) atoms. The lowest BCUT2D eigenvalue weighted by atomic mass is 9.67. The molecule has 2 atom stereocenters. The van der Waals surface area contributed by atoms with E-state index in [1.807, 2.05) is 32.0 Å². The molecule has 4 aromatic rings. The van der Waals surface area contributed by atoms with Crippen molar-refractivity contribution in [2.45, 2.75) is 58.0 Å². The van der Waals surface area contributed by atoms with Crippen LogP contribution >= 0.6 is 11.6 Å². The Bertz CT molecular complexity index is 1540. The van der Waals surface area contributed by atoms with E-state index < -0.39 is 5.60 Å². The zero-order valence-electron chi connectivity index (χ0n) is 21.2. The average Bonchev–Trinajstić information content (AvgIpc) is 2.84. The second-order valence-corrected chi connectivity index (χ2v) is 10.6. The van der Waals surface area contributed by atoms with Gasteiger partial charge in [0.1, 0.15) is 16.4 Å². The molecule has 0 spiro atoms. The zero-order valence-corrected chi connectivity index (χ0v) is 21.9. The fraction of sp³-hybridized carbons (Fsp3) is 0.310. The van der Waals surface area contributed by atoms with Gasteiger partial charge in [-0.1, -0.05) is 23.7 Å². The number of hydrogen-bond acceptors (Lipinski definition) is 5. The van der Waals surface area contributed by atoms with Gasteiger partial charge >= 0.3 is 0 Å². The Labute approximate surface area is 219 Å². The Morgan fingerprint density at radius 3 is 2.38 bits per heavy atom. The third-order valence-electron chi connectivity index (χ3n) is 7.11. The molecule has 190 valence electrons. The molecule has 1 N–H and O–H groups in total. The minimum Gasteiger partial charge on any atom is -0.382 e. The van der Waals surface area contributed by atoms with Gasteiger partial charge in [-0.15, -0.1) is 0 Å². The summed E-state index contributed by atoms with van der Waals surface area (Å²) in [6, 6.07) is 12.1. The van der Waals surface area contributed by atoms with Crippen LogP contribution < -0.4 is 5.56 Å². The molecule has 1 saturated carbocycles. The predicted octanol–water partition coefficient (Wildman–Crippen LogP) is 5.99. The summed E-state index contributed by atoms with van der Waals surface area (Å²) in [4.78, 5) is 26.8. The molecular formula is C29H28ClFN4O2. The largest absolute Gasteiger partial charge is 0.382 e. The first kappa shape index (κ1) is 25.2. The number of halogens is 2. The maximum atomic E-state index is 13.6. The lowest BCUT2D eigenvalue weighted by Gasteiger charge is -2.38. The first-order valence-corrected chi connectivity index (χ1v) is 12.6. The van der Waals surface area contributed by atoms with Crippen LogP contribution in [0.2, 0.25) is 5.02 Å². The third kappa shape index (κ3) is 4.69. The van der Waals surface area contributed by atoms with Gasteiger partial charge in [-0.25, -0.2) is 14.4 Å². The molecule has 8 heteroatoms. The standard InChI is InChI=1S/C29H28ClFN4O2/c1-16-15-33-24(23-11-12-32-28(34-23)29(3,4)37)14-25(16)35-17(2)13-22(26(30)27(35)36)21-10-9-20(21)18-5-7-19(31)8-6-18/h5-8,11-15,20-21,37H,9-10H2,1-4H3/t20-,21+/m0/s1. The molecule has 0 radical (unpaired) electrons. The lowest BCUT2D eigenvalue weighted by Crippen LogP contribution is -2.28. The maximum Gasteiger partial charge on any atom is 0.274 e. The van der Waals surface area contributed by atoms with Crippen molar-refractivity contribution in [3.63, 3.8) is 0 Å². The quantitative estimate of drug-likeness (QED) is 0.351. The molecule has 1 aliphatic carbocycles. The monoisotopic (exact) mass is 518 g/mol. The molecule has 5 rings (SSSR count). The smallest absolute Gasteiger partial charge is 0.274 e. The van der Waals surface area contributed by atoms with Crippen molar-refractivity contribution in [1.82, 2.24) is 19.5 Å². The van der Waals surface area contributed by atoms with Gasteiger partial charge in [0.2, 0.25) is 0 Å². The summed E-state index contributed by atoms with van der Waals surface area (Å²) in [6.45, 7) is 7.02. The van der Waals surface area contributed by atoms with Crippen molar-refractivity contribution in [2.75, 3.05) is 0 Å². The van der Waals surface area contributed by atoms with Gasteiger partial charge in [-0.2, -0.15) is 0 Å². The maximum absolute atomic E-state index is 13.6. The van der Waals surface area contributed by atoms with Crippen molar-refractivity contribution in [2.24, 2.45) is 0 Å². The third-order valence-corrected chi connectivity index (χ3v) is 7.49. The molecule has 1 aromatic carbocycles. The minimum absolute atomic E-state index is 0.106. The van der Waals surface area contributed by atoms with Crippen LogP contribution in [0.5, 0.6) is 0 Å². The van der Waals surface area contributed by atoms with Gasteiger partial charge in [-0.05, 0) is 99.4 Å². The SMILES string of the molecule is Cc1cnc(-c2ccnc(C(C)(C)O)n2)cc1-n1c(C)cc([C@@H]2CC[C@H]2c2ccc(F)cc2)c(Cl)c1=O. The van der Waals surface area contributed by atoms with Gasteiger partial charge in [0, 0.05) is 18.1 Å². The molecule has 1 aliphatic rings. The Morgan fingerprint density at radius 1 is 1.03 bits per heavy atom. The van der Waals surface area contributed by atoms with E-state index in [0.717, 1.165) is 35.2 Å². The normalized spacial score (nSPS) is 17.5. The number of hydrogen-bond donors (Lipinski definition) is 1. The van der Waals surface area contributed by atoms with E-state index in [9.17, 15) is 14.3 Å². The van der Waals surface area contributed by atoms with Crippen LogP contribution in [-0.2, 0) is 5.60 Å². The Kier molecular flexibility index (Phi) is 6.46. The number of aromatic nitrogens is 4. The van der Waals surface area contributed by atoms with Crippen molar-refractivity contribution >= 4 is 11.6 Å². The zero-order chi connectivity index (χ0) is 26.5.